The third-order valence-corrected chi connectivity index (χ3v) is 9.21. The number of nitro benzene ring substituents is 1. The lowest BCUT2D eigenvalue weighted by atomic mass is 10.1. The maximum Gasteiger partial charge on any atom is 0.289 e. The minimum atomic E-state index is -3.70. The van der Waals surface area contributed by atoms with Crippen LogP contribution in [0.1, 0.15) is 24.1 Å². The number of aromatic nitrogens is 1. The molecule has 0 atom stereocenters. The van der Waals surface area contributed by atoms with Gasteiger partial charge in [0.25, 0.3) is 5.69 Å². The van der Waals surface area contributed by atoms with Gasteiger partial charge >= 0.3 is 0 Å². The minimum absolute atomic E-state index is 0.0634. The second-order valence-corrected chi connectivity index (χ2v) is 11.4. The molecule has 0 aliphatic carbocycles. The molecule has 0 saturated carbocycles. The Bertz CT molecular complexity index is 1240. The van der Waals surface area contributed by atoms with Crippen LogP contribution in [-0.2, 0) is 16.3 Å². The topological polar surface area (TPSA) is 93.4 Å². The summed E-state index contributed by atoms with van der Waals surface area (Å²) in [7, 11) is -3.70. The van der Waals surface area contributed by atoms with Crippen molar-refractivity contribution in [1.82, 2.24) is 4.98 Å². The Morgan fingerprint density at radius 2 is 1.81 bits per heavy atom. The Labute approximate surface area is 199 Å². The van der Waals surface area contributed by atoms with Crippen molar-refractivity contribution in [2.45, 2.75) is 29.4 Å². The van der Waals surface area contributed by atoms with Crippen LogP contribution in [0.15, 0.2) is 52.7 Å². The summed E-state index contributed by atoms with van der Waals surface area (Å²) in [5, 5.41) is 14.0. The normalized spacial score (nSPS) is 15.1. The molecule has 1 aliphatic rings. The van der Waals surface area contributed by atoms with Crippen molar-refractivity contribution in [3.63, 3.8) is 0 Å². The first-order chi connectivity index (χ1) is 15.2. The van der Waals surface area contributed by atoms with E-state index in [9.17, 15) is 18.5 Å². The highest BCUT2D eigenvalue weighted by molar-refractivity contribution is 7.92. The molecule has 0 N–H and O–H groups in total. The lowest BCUT2D eigenvalue weighted by molar-refractivity contribution is -0.384. The zero-order valence-corrected chi connectivity index (χ0v) is 19.9. The Morgan fingerprint density at radius 1 is 1.12 bits per heavy atom. The molecule has 1 saturated heterocycles. The Hall–Kier alpha value is -2.20. The maximum atomic E-state index is 13.0. The van der Waals surface area contributed by atoms with Crippen LogP contribution >= 0.6 is 34.5 Å². The van der Waals surface area contributed by atoms with E-state index in [0.717, 1.165) is 22.5 Å². The van der Waals surface area contributed by atoms with E-state index in [1.807, 2.05) is 29.6 Å². The highest BCUT2D eigenvalue weighted by Crippen LogP contribution is 2.33. The molecule has 0 spiro atoms. The number of thiazole rings is 1. The smallest absolute Gasteiger partial charge is 0.289 e. The fourth-order valence-corrected chi connectivity index (χ4v) is 6.63. The summed E-state index contributed by atoms with van der Waals surface area (Å²) >= 11 is 13.3. The van der Waals surface area contributed by atoms with E-state index in [-0.39, 0.29) is 9.92 Å². The van der Waals surface area contributed by atoms with Gasteiger partial charge in [-0.25, -0.2) is 13.4 Å². The molecule has 0 unspecified atom stereocenters. The van der Waals surface area contributed by atoms with Gasteiger partial charge in [-0.05, 0) is 42.7 Å². The van der Waals surface area contributed by atoms with E-state index in [4.69, 9.17) is 28.2 Å². The number of hydrogen-bond donors (Lipinski definition) is 0. The van der Waals surface area contributed by atoms with Gasteiger partial charge in [-0.2, -0.15) is 0 Å². The summed E-state index contributed by atoms with van der Waals surface area (Å²) < 4.78 is 26.1. The average molecular weight is 512 g/mol. The number of benzene rings is 2. The van der Waals surface area contributed by atoms with Crippen molar-refractivity contribution in [3.05, 3.63) is 79.3 Å². The summed E-state index contributed by atoms with van der Waals surface area (Å²) in [6, 6.07) is 11.3. The first-order valence-electron chi connectivity index (χ1n) is 9.85. The van der Waals surface area contributed by atoms with Gasteiger partial charge in [-0.15, -0.1) is 11.3 Å². The van der Waals surface area contributed by atoms with E-state index in [2.05, 4.69) is 4.90 Å². The molecular formula is C21H19Cl2N3O4S2. The lowest BCUT2D eigenvalue weighted by Gasteiger charge is -2.31. The first-order valence-corrected chi connectivity index (χ1v) is 13.0. The predicted molar refractivity (Wildman–Crippen MR) is 127 cm³/mol. The van der Waals surface area contributed by atoms with Crippen molar-refractivity contribution in [2.75, 3.05) is 18.0 Å². The molecule has 32 heavy (non-hydrogen) atoms. The monoisotopic (exact) mass is 511 g/mol. The summed E-state index contributed by atoms with van der Waals surface area (Å²) in [6.07, 6.45) is 1.55. The number of hydrogen-bond acceptors (Lipinski definition) is 7. The number of nitro groups is 1. The van der Waals surface area contributed by atoms with Crippen LogP contribution < -0.4 is 4.90 Å². The van der Waals surface area contributed by atoms with Gasteiger partial charge in [0.15, 0.2) is 15.0 Å². The highest BCUT2D eigenvalue weighted by Gasteiger charge is 2.33. The van der Waals surface area contributed by atoms with Gasteiger partial charge in [0.1, 0.15) is 5.02 Å². The van der Waals surface area contributed by atoms with E-state index < -0.39 is 25.7 Å². The van der Waals surface area contributed by atoms with Gasteiger partial charge in [-0.1, -0.05) is 35.3 Å². The SMILES string of the molecule is O=[N+]([O-])c1cc(S(=O)(=O)C2CCN(c3nc(Cc4ccc(Cl)cc4)cs3)CC2)ccc1Cl. The van der Waals surface area contributed by atoms with Gasteiger partial charge in [0.2, 0.25) is 0 Å². The molecular weight excluding hydrogens is 493 g/mol. The summed E-state index contributed by atoms with van der Waals surface area (Å²) in [5.74, 6) is 0. The molecule has 4 rings (SSSR count). The molecule has 3 aromatic rings. The maximum absolute atomic E-state index is 13.0. The molecule has 0 amide bonds. The van der Waals surface area contributed by atoms with Crippen LogP contribution in [0.4, 0.5) is 10.8 Å². The predicted octanol–water partition coefficient (Wildman–Crippen LogP) is 5.39. The third kappa shape index (κ3) is 4.91. The van der Waals surface area contributed by atoms with E-state index in [1.54, 1.807) is 11.3 Å². The zero-order chi connectivity index (χ0) is 22.9. The van der Waals surface area contributed by atoms with E-state index in [0.29, 0.717) is 37.4 Å². The second kappa shape index (κ2) is 9.35. The van der Waals surface area contributed by atoms with E-state index >= 15 is 0 Å². The number of sulfone groups is 1. The number of halogens is 2. The van der Waals surface area contributed by atoms with Crippen LogP contribution in [0, 0.1) is 10.1 Å². The molecule has 168 valence electrons. The minimum Gasteiger partial charge on any atom is -0.348 e. The fourth-order valence-electron chi connectivity index (χ4n) is 3.69. The molecule has 2 heterocycles. The van der Waals surface area contributed by atoms with Crippen LogP contribution in [0.2, 0.25) is 10.0 Å². The number of nitrogens with zero attached hydrogens (tertiary/aromatic N) is 3. The highest BCUT2D eigenvalue weighted by atomic mass is 35.5. The van der Waals surface area contributed by atoms with Gasteiger partial charge < -0.3 is 4.90 Å². The molecule has 0 bridgehead atoms. The Kier molecular flexibility index (Phi) is 6.71. The summed E-state index contributed by atoms with van der Waals surface area (Å²) in [5.41, 5.74) is 1.67. The molecule has 2 aromatic carbocycles. The zero-order valence-electron chi connectivity index (χ0n) is 16.8. The quantitative estimate of drug-likeness (QED) is 0.325. The van der Waals surface area contributed by atoms with Crippen LogP contribution in [0.5, 0.6) is 0 Å². The largest absolute Gasteiger partial charge is 0.348 e. The number of piperidine rings is 1. The number of rotatable bonds is 6. The van der Waals surface area contributed by atoms with Crippen molar-refractivity contribution >= 4 is 55.2 Å². The van der Waals surface area contributed by atoms with Gasteiger partial charge in [0, 0.05) is 36.0 Å². The Morgan fingerprint density at radius 3 is 2.47 bits per heavy atom. The van der Waals surface area contributed by atoms with Crippen molar-refractivity contribution in [3.8, 4) is 0 Å². The first kappa shape index (κ1) is 23.0. The lowest BCUT2D eigenvalue weighted by Crippen LogP contribution is -2.39. The van der Waals surface area contributed by atoms with Crippen molar-refractivity contribution in [1.29, 1.82) is 0 Å². The molecule has 11 heteroatoms. The molecule has 1 aliphatic heterocycles. The molecule has 1 fully saturated rings. The average Bonchev–Trinajstić information content (AvgIpc) is 3.24. The van der Waals surface area contributed by atoms with Gasteiger partial charge in [-0.3, -0.25) is 10.1 Å². The fraction of sp³-hybridized carbons (Fsp3) is 0.286. The molecule has 7 nitrogen and oxygen atoms in total. The third-order valence-electron chi connectivity index (χ3n) is 5.43. The van der Waals surface area contributed by atoms with Crippen LogP contribution in [0.25, 0.3) is 0 Å². The van der Waals surface area contributed by atoms with Crippen LogP contribution in [0.3, 0.4) is 0 Å². The van der Waals surface area contributed by atoms with Crippen LogP contribution in [-0.4, -0.2) is 36.7 Å². The standard InChI is InChI=1S/C21H19Cl2N3O4S2/c22-15-3-1-14(2-4-15)11-16-13-31-21(24-16)25-9-7-17(8-10-25)32(29,30)18-5-6-19(23)20(12-18)26(27)28/h1-6,12-13,17H,7-11H2. The summed E-state index contributed by atoms with van der Waals surface area (Å²) in [6.45, 7) is 1.10. The van der Waals surface area contributed by atoms with Crippen molar-refractivity contribution < 1.29 is 13.3 Å². The van der Waals surface area contributed by atoms with E-state index in [1.165, 1.54) is 12.1 Å². The second-order valence-electron chi connectivity index (χ2n) is 7.53. The summed E-state index contributed by atoms with van der Waals surface area (Å²) in [4.78, 5) is 17.2. The number of anilines is 1. The Balaban J connectivity index is 1.42. The van der Waals surface area contributed by atoms with Crippen molar-refractivity contribution in [2.24, 2.45) is 0 Å². The molecule has 0 radical (unpaired) electrons. The molecule has 1 aromatic heterocycles. The van der Waals surface area contributed by atoms with Gasteiger partial charge in [0.05, 0.1) is 20.8 Å².